The van der Waals surface area contributed by atoms with Gasteiger partial charge in [-0.05, 0) is 57.6 Å². The lowest BCUT2D eigenvalue weighted by atomic mass is 10.1. The zero-order valence-corrected chi connectivity index (χ0v) is 12.2. The van der Waals surface area contributed by atoms with E-state index >= 15 is 0 Å². The van der Waals surface area contributed by atoms with E-state index in [4.69, 9.17) is 5.26 Å². The molecule has 0 radical (unpaired) electrons. The van der Waals surface area contributed by atoms with Crippen molar-refractivity contribution in [2.24, 2.45) is 0 Å². The maximum Gasteiger partial charge on any atom is 0.101 e. The zero-order valence-electron chi connectivity index (χ0n) is 10.6. The first-order chi connectivity index (χ1) is 8.69. The van der Waals surface area contributed by atoms with Crippen LogP contribution in [0.3, 0.4) is 0 Å². The molecule has 4 heteroatoms. The van der Waals surface area contributed by atoms with Crippen molar-refractivity contribution >= 4 is 21.6 Å². The lowest BCUT2D eigenvalue weighted by Gasteiger charge is -2.19. The lowest BCUT2D eigenvalue weighted by molar-refractivity contribution is 0.348. The Morgan fingerprint density at radius 2 is 2.22 bits per heavy atom. The maximum atomic E-state index is 9.15. The summed E-state index contributed by atoms with van der Waals surface area (Å²) < 4.78 is 0.949. The maximum absolute atomic E-state index is 9.15. The smallest absolute Gasteiger partial charge is 0.101 e. The van der Waals surface area contributed by atoms with Gasteiger partial charge in [-0.15, -0.1) is 0 Å². The highest BCUT2D eigenvalue weighted by Gasteiger charge is 2.15. The Morgan fingerprint density at radius 1 is 1.39 bits per heavy atom. The Labute approximate surface area is 117 Å². The van der Waals surface area contributed by atoms with Gasteiger partial charge < -0.3 is 10.2 Å². The Bertz CT molecular complexity index is 453. The van der Waals surface area contributed by atoms with E-state index in [1.807, 2.05) is 18.2 Å². The van der Waals surface area contributed by atoms with Gasteiger partial charge in [-0.25, -0.2) is 0 Å². The molecule has 1 aromatic rings. The molecule has 1 fully saturated rings. The predicted molar refractivity (Wildman–Crippen MR) is 77.6 cm³/mol. The van der Waals surface area contributed by atoms with Crippen molar-refractivity contribution in [2.75, 3.05) is 25.5 Å². The third-order valence-electron chi connectivity index (χ3n) is 3.41. The number of nitriles is 1. The van der Waals surface area contributed by atoms with Crippen LogP contribution in [0.25, 0.3) is 0 Å². The van der Waals surface area contributed by atoms with E-state index in [2.05, 4.69) is 39.3 Å². The Kier molecular flexibility index (Phi) is 4.62. The highest BCUT2D eigenvalue weighted by molar-refractivity contribution is 9.10. The first kappa shape index (κ1) is 13.4. The van der Waals surface area contributed by atoms with E-state index in [0.717, 1.165) is 23.1 Å². The molecule has 1 aromatic carbocycles. The zero-order chi connectivity index (χ0) is 13.0. The molecule has 1 aliphatic rings. The molecule has 1 saturated heterocycles. The molecular weight excluding hydrogens is 290 g/mol. The van der Waals surface area contributed by atoms with Gasteiger partial charge in [-0.2, -0.15) is 5.26 Å². The van der Waals surface area contributed by atoms with Crippen molar-refractivity contribution in [1.82, 2.24) is 4.90 Å². The molecule has 0 bridgehead atoms. The van der Waals surface area contributed by atoms with Gasteiger partial charge in [-0.1, -0.05) is 15.9 Å². The molecule has 96 valence electrons. The summed E-state index contributed by atoms with van der Waals surface area (Å²) in [7, 11) is 2.17. The van der Waals surface area contributed by atoms with E-state index < -0.39 is 0 Å². The van der Waals surface area contributed by atoms with Crippen molar-refractivity contribution in [3.05, 3.63) is 28.2 Å². The van der Waals surface area contributed by atoms with Crippen LogP contribution in [-0.4, -0.2) is 31.1 Å². The van der Waals surface area contributed by atoms with Crippen molar-refractivity contribution in [3.8, 4) is 6.07 Å². The van der Waals surface area contributed by atoms with Gasteiger partial charge >= 0.3 is 0 Å². The third-order valence-corrected chi connectivity index (χ3v) is 3.91. The van der Waals surface area contributed by atoms with Crippen LogP contribution in [0, 0.1) is 11.3 Å². The number of hydrogen-bond acceptors (Lipinski definition) is 3. The molecule has 18 heavy (non-hydrogen) atoms. The number of likely N-dealkylation sites (tertiary alicyclic amines) is 1. The SMILES string of the molecule is CN1CCCC(Nc2ccc(Br)cc2C#N)CC1. The molecule has 1 atom stereocenters. The highest BCUT2D eigenvalue weighted by atomic mass is 79.9. The molecule has 3 nitrogen and oxygen atoms in total. The van der Waals surface area contributed by atoms with Gasteiger partial charge in [0.15, 0.2) is 0 Å². The van der Waals surface area contributed by atoms with Gasteiger partial charge in [0.2, 0.25) is 0 Å². The molecule has 2 rings (SSSR count). The molecule has 0 amide bonds. The summed E-state index contributed by atoms with van der Waals surface area (Å²) in [5.74, 6) is 0. The van der Waals surface area contributed by atoms with E-state index in [1.165, 1.54) is 19.4 Å². The number of rotatable bonds is 2. The fourth-order valence-corrected chi connectivity index (χ4v) is 2.70. The Balaban J connectivity index is 2.07. The molecule has 1 heterocycles. The fraction of sp³-hybridized carbons (Fsp3) is 0.500. The summed E-state index contributed by atoms with van der Waals surface area (Å²) >= 11 is 3.40. The second-order valence-corrected chi connectivity index (χ2v) is 5.79. The van der Waals surface area contributed by atoms with Gasteiger partial charge in [0.05, 0.1) is 11.3 Å². The van der Waals surface area contributed by atoms with E-state index in [1.54, 1.807) is 0 Å². The summed E-state index contributed by atoms with van der Waals surface area (Å²) in [6.45, 7) is 2.29. The Hall–Kier alpha value is -1.05. The first-order valence-corrected chi connectivity index (χ1v) is 7.13. The minimum absolute atomic E-state index is 0.475. The van der Waals surface area contributed by atoms with Crippen LogP contribution < -0.4 is 5.32 Å². The molecule has 1 unspecified atom stereocenters. The Morgan fingerprint density at radius 3 is 3.00 bits per heavy atom. The van der Waals surface area contributed by atoms with Gasteiger partial charge in [0.25, 0.3) is 0 Å². The average molecular weight is 308 g/mol. The van der Waals surface area contributed by atoms with Crippen LogP contribution in [0.4, 0.5) is 5.69 Å². The molecule has 0 aliphatic carbocycles. The quantitative estimate of drug-likeness (QED) is 0.912. The summed E-state index contributed by atoms with van der Waals surface area (Å²) in [4.78, 5) is 2.37. The summed E-state index contributed by atoms with van der Waals surface area (Å²) in [5, 5.41) is 12.7. The second kappa shape index (κ2) is 6.21. The monoisotopic (exact) mass is 307 g/mol. The van der Waals surface area contributed by atoms with E-state index in [-0.39, 0.29) is 0 Å². The number of benzene rings is 1. The van der Waals surface area contributed by atoms with Crippen molar-refractivity contribution in [2.45, 2.75) is 25.3 Å². The lowest BCUT2D eigenvalue weighted by Crippen LogP contribution is -2.23. The van der Waals surface area contributed by atoms with Crippen LogP contribution in [-0.2, 0) is 0 Å². The molecule has 0 spiro atoms. The predicted octanol–water partition coefficient (Wildman–Crippen LogP) is 3.22. The topological polar surface area (TPSA) is 39.1 Å². The molecular formula is C14H18BrN3. The number of halogens is 1. The van der Waals surface area contributed by atoms with Crippen molar-refractivity contribution in [3.63, 3.8) is 0 Å². The van der Waals surface area contributed by atoms with Gasteiger partial charge in [0.1, 0.15) is 6.07 Å². The number of nitrogens with one attached hydrogen (secondary N) is 1. The highest BCUT2D eigenvalue weighted by Crippen LogP contribution is 2.23. The van der Waals surface area contributed by atoms with Crippen LogP contribution in [0.15, 0.2) is 22.7 Å². The van der Waals surface area contributed by atoms with Crippen LogP contribution in [0.5, 0.6) is 0 Å². The van der Waals surface area contributed by atoms with Crippen molar-refractivity contribution < 1.29 is 0 Å². The third kappa shape index (κ3) is 3.47. The van der Waals surface area contributed by atoms with Gasteiger partial charge in [-0.3, -0.25) is 0 Å². The molecule has 1 N–H and O–H groups in total. The normalized spacial score (nSPS) is 21.1. The number of hydrogen-bond donors (Lipinski definition) is 1. The minimum Gasteiger partial charge on any atom is -0.381 e. The molecule has 1 aliphatic heterocycles. The summed E-state index contributed by atoms with van der Waals surface area (Å²) in [6.07, 6.45) is 3.52. The first-order valence-electron chi connectivity index (χ1n) is 6.34. The van der Waals surface area contributed by atoms with Crippen molar-refractivity contribution in [1.29, 1.82) is 5.26 Å². The summed E-state index contributed by atoms with van der Waals surface area (Å²) in [5.41, 5.74) is 1.66. The number of anilines is 1. The average Bonchev–Trinajstić information content (AvgIpc) is 2.56. The molecule has 0 saturated carbocycles. The van der Waals surface area contributed by atoms with E-state index in [0.29, 0.717) is 11.6 Å². The molecule has 0 aromatic heterocycles. The van der Waals surface area contributed by atoms with Gasteiger partial charge in [0, 0.05) is 10.5 Å². The second-order valence-electron chi connectivity index (χ2n) is 4.88. The largest absolute Gasteiger partial charge is 0.381 e. The number of nitrogens with zero attached hydrogens (tertiary/aromatic N) is 2. The standard InChI is InChI=1S/C14H18BrN3/c1-18-7-2-3-13(6-8-18)17-14-5-4-12(15)9-11(14)10-16/h4-5,9,13,17H,2-3,6-8H2,1H3. The summed E-state index contributed by atoms with van der Waals surface area (Å²) in [6, 6.07) is 8.55. The van der Waals surface area contributed by atoms with Crippen LogP contribution in [0.2, 0.25) is 0 Å². The fourth-order valence-electron chi connectivity index (χ4n) is 2.34. The van der Waals surface area contributed by atoms with Crippen LogP contribution >= 0.6 is 15.9 Å². The van der Waals surface area contributed by atoms with Crippen LogP contribution in [0.1, 0.15) is 24.8 Å². The van der Waals surface area contributed by atoms with E-state index in [9.17, 15) is 0 Å². The minimum atomic E-state index is 0.475.